The molecule has 2 bridgehead atoms. The minimum atomic E-state index is -3.21. The van der Waals surface area contributed by atoms with Crippen LogP contribution < -0.4 is 0 Å². The summed E-state index contributed by atoms with van der Waals surface area (Å²) in [5.41, 5.74) is -0.457. The first-order valence-corrected chi connectivity index (χ1v) is 13.4. The Morgan fingerprint density at radius 1 is 0.889 bits per heavy atom. The average Bonchev–Trinajstić information content (AvgIpc) is 2.97. The van der Waals surface area contributed by atoms with Crippen LogP contribution in [0.1, 0.15) is 97.3 Å². The van der Waals surface area contributed by atoms with Crippen LogP contribution in [0.25, 0.3) is 0 Å². The Morgan fingerprint density at radius 3 is 1.81 bits per heavy atom. The van der Waals surface area contributed by atoms with Gasteiger partial charge in [0.2, 0.25) is 0 Å². The maximum Gasteiger partial charge on any atom is 0.154 e. The van der Waals surface area contributed by atoms with Gasteiger partial charge in [0.05, 0.1) is 17.1 Å². The predicted octanol–water partition coefficient (Wildman–Crippen LogP) is 5.12. The van der Waals surface area contributed by atoms with Gasteiger partial charge in [-0.25, -0.2) is 8.42 Å². The van der Waals surface area contributed by atoms with Gasteiger partial charge in [0.15, 0.2) is 9.84 Å². The van der Waals surface area contributed by atoms with E-state index in [1.807, 2.05) is 0 Å². The number of hydrogen-bond donors (Lipinski definition) is 1. The molecule has 4 rings (SSSR count). The number of hydrogen-bond acceptors (Lipinski definition) is 3. The molecule has 0 amide bonds. The molecule has 0 aromatic carbocycles. The van der Waals surface area contributed by atoms with Crippen LogP contribution in [-0.4, -0.2) is 30.6 Å². The van der Waals surface area contributed by atoms with Crippen molar-refractivity contribution in [1.29, 1.82) is 0 Å². The molecule has 0 heterocycles. The van der Waals surface area contributed by atoms with Gasteiger partial charge < -0.3 is 5.11 Å². The maximum atomic E-state index is 14.0. The van der Waals surface area contributed by atoms with Gasteiger partial charge in [-0.2, -0.15) is 0 Å². The lowest BCUT2D eigenvalue weighted by Gasteiger charge is -2.44. The minimum absolute atomic E-state index is 0.0524. The van der Waals surface area contributed by atoms with Gasteiger partial charge in [0, 0.05) is 5.41 Å². The van der Waals surface area contributed by atoms with Gasteiger partial charge >= 0.3 is 0 Å². The molecule has 3 atom stereocenters. The summed E-state index contributed by atoms with van der Waals surface area (Å²) in [5, 5.41) is 10.8. The van der Waals surface area contributed by atoms with Crippen LogP contribution in [0, 0.1) is 28.6 Å². The molecule has 0 aliphatic heterocycles. The number of aliphatic hydroxyl groups is 1. The molecule has 27 heavy (non-hydrogen) atoms. The molecule has 4 heteroatoms. The van der Waals surface area contributed by atoms with Crippen molar-refractivity contribution in [2.75, 3.05) is 5.75 Å². The third-order valence-electron chi connectivity index (χ3n) is 9.49. The van der Waals surface area contributed by atoms with E-state index in [0.29, 0.717) is 17.8 Å². The second kappa shape index (κ2) is 7.31. The summed E-state index contributed by atoms with van der Waals surface area (Å²) in [6.07, 6.45) is 14.1. The van der Waals surface area contributed by atoms with Gasteiger partial charge in [-0.3, -0.25) is 0 Å². The highest BCUT2D eigenvalue weighted by Gasteiger charge is 2.65. The molecule has 0 saturated heterocycles. The Hall–Kier alpha value is -0.0900. The summed E-state index contributed by atoms with van der Waals surface area (Å²) in [5.74, 6) is 1.46. The van der Waals surface area contributed by atoms with Crippen LogP contribution in [0.5, 0.6) is 0 Å². The van der Waals surface area contributed by atoms with Gasteiger partial charge in [0.25, 0.3) is 0 Å². The second-order valence-electron chi connectivity index (χ2n) is 10.9. The van der Waals surface area contributed by atoms with E-state index in [-0.39, 0.29) is 16.4 Å². The minimum Gasteiger partial charge on any atom is -0.392 e. The van der Waals surface area contributed by atoms with Crippen molar-refractivity contribution in [3.05, 3.63) is 0 Å². The lowest BCUT2D eigenvalue weighted by atomic mass is 9.70. The highest BCUT2D eigenvalue weighted by atomic mass is 32.2. The largest absolute Gasteiger partial charge is 0.392 e. The van der Waals surface area contributed by atoms with E-state index in [1.54, 1.807) is 0 Å². The number of rotatable bonds is 5. The summed E-state index contributed by atoms with van der Waals surface area (Å²) >= 11 is 0. The molecular weight excluding hydrogens is 356 g/mol. The number of fused-ring (bicyclic) bond motifs is 2. The average molecular weight is 397 g/mol. The van der Waals surface area contributed by atoms with E-state index in [1.165, 1.54) is 38.5 Å². The molecular formula is C23H40O3S. The molecule has 1 N–H and O–H groups in total. The first kappa shape index (κ1) is 20.2. The molecule has 0 aromatic heterocycles. The standard InChI is InChI=1S/C23H40O3S/c1-22(2)19-13-14-23(22,20(24)15-19)16-27(25,26)21(17-9-5-3-6-10-17)18-11-7-4-8-12-18/h17-21,24H,3-16H2,1-2H3. The van der Waals surface area contributed by atoms with E-state index in [2.05, 4.69) is 13.8 Å². The Balaban J connectivity index is 1.64. The van der Waals surface area contributed by atoms with Gasteiger partial charge in [-0.15, -0.1) is 0 Å². The zero-order chi connectivity index (χ0) is 19.3. The van der Waals surface area contributed by atoms with Crippen LogP contribution in [0.4, 0.5) is 0 Å². The smallest absolute Gasteiger partial charge is 0.154 e. The summed E-state index contributed by atoms with van der Waals surface area (Å²) in [7, 11) is -3.21. The van der Waals surface area contributed by atoms with E-state index in [9.17, 15) is 13.5 Å². The van der Waals surface area contributed by atoms with Gasteiger partial charge in [-0.05, 0) is 68.1 Å². The van der Waals surface area contributed by atoms with E-state index >= 15 is 0 Å². The van der Waals surface area contributed by atoms with Gasteiger partial charge in [-0.1, -0.05) is 52.4 Å². The molecule has 0 radical (unpaired) electrons. The molecule has 3 unspecified atom stereocenters. The molecule has 4 aliphatic carbocycles. The van der Waals surface area contributed by atoms with Crippen molar-refractivity contribution in [3.63, 3.8) is 0 Å². The normalized spacial score (nSPS) is 37.9. The number of sulfone groups is 1. The van der Waals surface area contributed by atoms with Crippen LogP contribution in [0.2, 0.25) is 0 Å². The quantitative estimate of drug-likeness (QED) is 0.702. The number of aliphatic hydroxyl groups excluding tert-OH is 1. The van der Waals surface area contributed by atoms with Crippen molar-refractivity contribution in [2.24, 2.45) is 28.6 Å². The van der Waals surface area contributed by atoms with Crippen molar-refractivity contribution in [1.82, 2.24) is 0 Å². The van der Waals surface area contributed by atoms with Gasteiger partial charge in [0.1, 0.15) is 0 Å². The third-order valence-corrected chi connectivity index (χ3v) is 12.0. The molecule has 4 aliphatic rings. The Bertz CT molecular complexity index is 610. The van der Waals surface area contributed by atoms with E-state index < -0.39 is 21.4 Å². The van der Waals surface area contributed by atoms with E-state index in [4.69, 9.17) is 0 Å². The maximum absolute atomic E-state index is 14.0. The molecule has 0 aromatic rings. The first-order chi connectivity index (χ1) is 12.8. The fraction of sp³-hybridized carbons (Fsp3) is 1.00. The van der Waals surface area contributed by atoms with Crippen molar-refractivity contribution >= 4 is 9.84 Å². The SMILES string of the molecule is CC1(C)C2CCC1(CS(=O)(=O)C(C1CCCCC1)C1CCCCC1)C(O)C2. The summed E-state index contributed by atoms with van der Waals surface area (Å²) in [4.78, 5) is 0. The zero-order valence-electron chi connectivity index (χ0n) is 17.5. The first-order valence-electron chi connectivity index (χ1n) is 11.7. The molecule has 3 nitrogen and oxygen atoms in total. The van der Waals surface area contributed by atoms with Crippen LogP contribution in [-0.2, 0) is 9.84 Å². The Kier molecular flexibility index (Phi) is 5.46. The van der Waals surface area contributed by atoms with Crippen LogP contribution in [0.3, 0.4) is 0 Å². The highest BCUT2D eigenvalue weighted by Crippen LogP contribution is 2.66. The van der Waals surface area contributed by atoms with Crippen molar-refractivity contribution in [3.8, 4) is 0 Å². The lowest BCUT2D eigenvalue weighted by molar-refractivity contribution is 0.0149. The van der Waals surface area contributed by atoms with E-state index in [0.717, 1.165) is 44.9 Å². The fourth-order valence-electron chi connectivity index (χ4n) is 7.73. The van der Waals surface area contributed by atoms with Crippen LogP contribution >= 0.6 is 0 Å². The topological polar surface area (TPSA) is 54.4 Å². The van der Waals surface area contributed by atoms with Crippen molar-refractivity contribution in [2.45, 2.75) is 109 Å². The Morgan fingerprint density at radius 2 is 1.41 bits per heavy atom. The van der Waals surface area contributed by atoms with Crippen molar-refractivity contribution < 1.29 is 13.5 Å². The zero-order valence-corrected chi connectivity index (χ0v) is 18.3. The molecule has 156 valence electrons. The lowest BCUT2D eigenvalue weighted by Crippen LogP contribution is -2.49. The second-order valence-corrected chi connectivity index (χ2v) is 13.1. The monoisotopic (exact) mass is 396 g/mol. The summed E-state index contributed by atoms with van der Waals surface area (Å²) in [6, 6.07) is 0. The fourth-order valence-corrected chi connectivity index (χ4v) is 11.1. The molecule has 0 spiro atoms. The highest BCUT2D eigenvalue weighted by molar-refractivity contribution is 7.92. The molecule has 4 saturated carbocycles. The summed E-state index contributed by atoms with van der Waals surface area (Å²) < 4.78 is 28.0. The third kappa shape index (κ3) is 3.31. The predicted molar refractivity (Wildman–Crippen MR) is 110 cm³/mol. The Labute approximate surface area is 166 Å². The summed E-state index contributed by atoms with van der Waals surface area (Å²) in [6.45, 7) is 4.46. The molecule has 4 fully saturated rings. The van der Waals surface area contributed by atoms with Crippen LogP contribution in [0.15, 0.2) is 0 Å².